The second-order valence-corrected chi connectivity index (χ2v) is 8.56. The Hall–Kier alpha value is -0.0800. The third-order valence-electron chi connectivity index (χ3n) is 2.67. The molecular formula is C12H22N2O2S3. The molecular weight excluding hydrogens is 300 g/mol. The zero-order chi connectivity index (χ0) is 14.5. The minimum absolute atomic E-state index is 0.340. The van der Waals surface area contributed by atoms with Gasteiger partial charge in [-0.05, 0) is 17.7 Å². The van der Waals surface area contributed by atoms with E-state index in [2.05, 4.69) is 5.32 Å². The van der Waals surface area contributed by atoms with Crippen molar-refractivity contribution >= 4 is 33.1 Å². The molecule has 0 radical (unpaired) electrons. The third kappa shape index (κ3) is 4.75. The number of thiophene rings is 1. The van der Waals surface area contributed by atoms with Crippen molar-refractivity contribution in [3.63, 3.8) is 0 Å². The van der Waals surface area contributed by atoms with Crippen LogP contribution in [-0.2, 0) is 16.6 Å². The molecule has 0 aromatic carbocycles. The maximum Gasteiger partial charge on any atom is 0.243 e. The highest BCUT2D eigenvalue weighted by Crippen LogP contribution is 2.24. The molecule has 0 aliphatic rings. The lowest BCUT2D eigenvalue weighted by Crippen LogP contribution is -2.30. The van der Waals surface area contributed by atoms with Crippen molar-refractivity contribution in [3.8, 4) is 0 Å². The molecule has 0 atom stereocenters. The molecule has 19 heavy (non-hydrogen) atoms. The zero-order valence-electron chi connectivity index (χ0n) is 11.8. The van der Waals surface area contributed by atoms with Gasteiger partial charge in [0, 0.05) is 36.8 Å². The van der Waals surface area contributed by atoms with Gasteiger partial charge in [-0.15, -0.1) is 11.3 Å². The molecule has 0 aliphatic carbocycles. The van der Waals surface area contributed by atoms with Gasteiger partial charge < -0.3 is 5.32 Å². The maximum absolute atomic E-state index is 12.5. The Morgan fingerprint density at radius 3 is 2.74 bits per heavy atom. The molecule has 1 aromatic rings. The van der Waals surface area contributed by atoms with Crippen molar-refractivity contribution in [1.82, 2.24) is 9.62 Å². The number of nitrogens with zero attached hydrogens (tertiary/aromatic N) is 1. The van der Waals surface area contributed by atoms with E-state index >= 15 is 0 Å². The van der Waals surface area contributed by atoms with Crippen LogP contribution in [0.15, 0.2) is 16.3 Å². The van der Waals surface area contributed by atoms with E-state index in [1.54, 1.807) is 24.9 Å². The van der Waals surface area contributed by atoms with Crippen LogP contribution in [0.4, 0.5) is 0 Å². The molecule has 0 aliphatic heterocycles. The Balaban J connectivity index is 2.86. The van der Waals surface area contributed by atoms with Gasteiger partial charge in [0.15, 0.2) is 0 Å². The van der Waals surface area contributed by atoms with E-state index in [0.717, 1.165) is 10.6 Å². The number of hydrogen-bond acceptors (Lipinski definition) is 5. The lowest BCUT2D eigenvalue weighted by Gasteiger charge is -2.17. The Morgan fingerprint density at radius 1 is 1.47 bits per heavy atom. The predicted molar refractivity (Wildman–Crippen MR) is 84.5 cm³/mol. The molecule has 1 aromatic heterocycles. The van der Waals surface area contributed by atoms with Crippen molar-refractivity contribution < 1.29 is 8.42 Å². The fraction of sp³-hybridized carbons (Fsp3) is 0.667. The summed E-state index contributed by atoms with van der Waals surface area (Å²) in [6, 6.07) is 2.04. The summed E-state index contributed by atoms with van der Waals surface area (Å²) >= 11 is 3.13. The number of nitrogens with one attached hydrogen (secondary N) is 1. The van der Waals surface area contributed by atoms with E-state index in [0.29, 0.717) is 24.0 Å². The van der Waals surface area contributed by atoms with Crippen LogP contribution in [-0.4, -0.2) is 44.4 Å². The van der Waals surface area contributed by atoms with Crippen molar-refractivity contribution in [2.24, 2.45) is 0 Å². The molecule has 1 N–H and O–H groups in total. The SMILES string of the molecule is CSCCN(C)S(=O)(=O)c1ccsc1CNC(C)C. The van der Waals surface area contributed by atoms with Gasteiger partial charge in [-0.2, -0.15) is 11.8 Å². The van der Waals surface area contributed by atoms with Gasteiger partial charge in [-0.25, -0.2) is 12.7 Å². The molecule has 1 rings (SSSR count). The minimum atomic E-state index is -3.36. The molecule has 0 fully saturated rings. The first-order valence-electron chi connectivity index (χ1n) is 6.14. The van der Waals surface area contributed by atoms with Crippen molar-refractivity contribution in [3.05, 3.63) is 16.3 Å². The summed E-state index contributed by atoms with van der Waals surface area (Å²) < 4.78 is 26.4. The standard InChI is InChI=1S/C12H22N2O2S3/c1-10(2)13-9-11-12(5-7-18-11)19(15,16)14(3)6-8-17-4/h5,7,10,13H,6,8-9H2,1-4H3. The summed E-state index contributed by atoms with van der Waals surface area (Å²) in [5.41, 5.74) is 0. The zero-order valence-corrected chi connectivity index (χ0v) is 14.3. The quantitative estimate of drug-likeness (QED) is 0.797. The third-order valence-corrected chi connectivity index (χ3v) is 6.26. The van der Waals surface area contributed by atoms with Crippen LogP contribution in [0.1, 0.15) is 18.7 Å². The number of hydrogen-bond donors (Lipinski definition) is 1. The van der Waals surface area contributed by atoms with E-state index in [9.17, 15) is 8.42 Å². The smallest absolute Gasteiger partial charge is 0.243 e. The van der Waals surface area contributed by atoms with Gasteiger partial charge in [0.2, 0.25) is 10.0 Å². The van der Waals surface area contributed by atoms with E-state index in [4.69, 9.17) is 0 Å². The molecule has 0 bridgehead atoms. The first kappa shape index (κ1) is 17.0. The molecule has 1 heterocycles. The largest absolute Gasteiger partial charge is 0.310 e. The summed E-state index contributed by atoms with van der Waals surface area (Å²) in [4.78, 5) is 1.32. The van der Waals surface area contributed by atoms with E-state index in [1.807, 2.05) is 25.5 Å². The van der Waals surface area contributed by atoms with Crippen molar-refractivity contribution in [1.29, 1.82) is 0 Å². The molecule has 4 nitrogen and oxygen atoms in total. The first-order chi connectivity index (χ1) is 8.89. The Labute approximate surface area is 124 Å². The highest BCUT2D eigenvalue weighted by molar-refractivity contribution is 7.98. The van der Waals surface area contributed by atoms with E-state index < -0.39 is 10.0 Å². The summed E-state index contributed by atoms with van der Waals surface area (Å²) in [6.07, 6.45) is 1.98. The van der Waals surface area contributed by atoms with Crippen LogP contribution >= 0.6 is 23.1 Å². The van der Waals surface area contributed by atoms with Gasteiger partial charge in [0.25, 0.3) is 0 Å². The first-order valence-corrected chi connectivity index (χ1v) is 9.86. The Morgan fingerprint density at radius 2 is 2.16 bits per heavy atom. The molecule has 0 spiro atoms. The van der Waals surface area contributed by atoms with Gasteiger partial charge in [-0.1, -0.05) is 13.8 Å². The highest BCUT2D eigenvalue weighted by Gasteiger charge is 2.24. The van der Waals surface area contributed by atoms with Crippen LogP contribution in [0, 0.1) is 0 Å². The molecule has 0 amide bonds. The summed E-state index contributed by atoms with van der Waals surface area (Å²) in [6.45, 7) is 5.23. The minimum Gasteiger partial charge on any atom is -0.310 e. The second kappa shape index (κ2) is 7.64. The molecule has 0 saturated carbocycles. The number of thioether (sulfide) groups is 1. The predicted octanol–water partition coefficient (Wildman–Crippen LogP) is 2.23. The van der Waals surface area contributed by atoms with Gasteiger partial charge in [0.05, 0.1) is 4.90 Å². The van der Waals surface area contributed by atoms with Crippen LogP contribution in [0.5, 0.6) is 0 Å². The van der Waals surface area contributed by atoms with Gasteiger partial charge in [0.1, 0.15) is 0 Å². The van der Waals surface area contributed by atoms with Crippen LogP contribution in [0.3, 0.4) is 0 Å². The highest BCUT2D eigenvalue weighted by atomic mass is 32.2. The second-order valence-electron chi connectivity index (χ2n) is 4.56. The molecule has 7 heteroatoms. The summed E-state index contributed by atoms with van der Waals surface area (Å²) in [5.74, 6) is 0.805. The van der Waals surface area contributed by atoms with Crippen LogP contribution in [0.2, 0.25) is 0 Å². The van der Waals surface area contributed by atoms with Crippen LogP contribution in [0.25, 0.3) is 0 Å². The molecule has 0 unspecified atom stereocenters. The lowest BCUT2D eigenvalue weighted by molar-refractivity contribution is 0.487. The van der Waals surface area contributed by atoms with Gasteiger partial charge in [-0.3, -0.25) is 0 Å². The fourth-order valence-electron chi connectivity index (χ4n) is 1.49. The monoisotopic (exact) mass is 322 g/mol. The lowest BCUT2D eigenvalue weighted by atomic mass is 10.4. The van der Waals surface area contributed by atoms with E-state index in [1.165, 1.54) is 15.6 Å². The van der Waals surface area contributed by atoms with Crippen LogP contribution < -0.4 is 5.32 Å². The number of sulfonamides is 1. The maximum atomic E-state index is 12.5. The Kier molecular flexibility index (Phi) is 6.82. The van der Waals surface area contributed by atoms with Gasteiger partial charge >= 0.3 is 0 Å². The molecule has 110 valence electrons. The Bertz CT molecular complexity index is 483. The fourth-order valence-corrected chi connectivity index (χ4v) is 4.60. The topological polar surface area (TPSA) is 49.4 Å². The average Bonchev–Trinajstić information content (AvgIpc) is 2.82. The number of rotatable bonds is 8. The average molecular weight is 323 g/mol. The van der Waals surface area contributed by atoms with Crippen molar-refractivity contribution in [2.75, 3.05) is 25.6 Å². The summed E-state index contributed by atoms with van der Waals surface area (Å²) in [7, 11) is -1.71. The summed E-state index contributed by atoms with van der Waals surface area (Å²) in [5, 5.41) is 5.11. The normalized spacial score (nSPS) is 12.5. The molecule has 0 saturated heterocycles. The van der Waals surface area contributed by atoms with Crippen molar-refractivity contribution in [2.45, 2.75) is 31.3 Å². The van der Waals surface area contributed by atoms with E-state index in [-0.39, 0.29) is 0 Å².